The first-order valence-electron chi connectivity index (χ1n) is 12.1. The van der Waals surface area contributed by atoms with Crippen LogP contribution in [0.3, 0.4) is 0 Å². The molecule has 38 heavy (non-hydrogen) atoms. The van der Waals surface area contributed by atoms with E-state index in [1.54, 1.807) is 29.2 Å². The monoisotopic (exact) mass is 554 g/mol. The molecule has 0 radical (unpaired) electrons. The maximum atomic E-state index is 13.2. The summed E-state index contributed by atoms with van der Waals surface area (Å²) in [6.45, 7) is 0.537. The van der Waals surface area contributed by atoms with Gasteiger partial charge < -0.3 is 19.9 Å². The van der Waals surface area contributed by atoms with E-state index < -0.39 is 22.4 Å². The summed E-state index contributed by atoms with van der Waals surface area (Å²) >= 11 is 5.90. The summed E-state index contributed by atoms with van der Waals surface area (Å²) in [5.74, 6) is -0.474. The van der Waals surface area contributed by atoms with Gasteiger partial charge >= 0.3 is 6.18 Å². The van der Waals surface area contributed by atoms with Crippen LogP contribution in [0.5, 0.6) is 0 Å². The fourth-order valence-electron chi connectivity index (χ4n) is 4.68. The van der Waals surface area contributed by atoms with E-state index in [0.717, 1.165) is 17.8 Å². The van der Waals surface area contributed by atoms with Crippen molar-refractivity contribution in [3.8, 4) is 0 Å². The number of nitro groups is 1. The van der Waals surface area contributed by atoms with Gasteiger partial charge in [0.1, 0.15) is 18.7 Å². The van der Waals surface area contributed by atoms with Crippen LogP contribution in [0.1, 0.15) is 31.2 Å². The zero-order valence-corrected chi connectivity index (χ0v) is 21.0. The maximum absolute atomic E-state index is 13.2. The predicted molar refractivity (Wildman–Crippen MR) is 134 cm³/mol. The first-order chi connectivity index (χ1) is 18.0. The number of halogens is 4. The average molecular weight is 555 g/mol. The van der Waals surface area contributed by atoms with Crippen molar-refractivity contribution in [2.45, 2.75) is 44.0 Å². The second-order valence-electron chi connectivity index (χ2n) is 9.25. The van der Waals surface area contributed by atoms with Gasteiger partial charge in [-0.15, -0.1) is 0 Å². The SMILES string of the molecule is O=C(CO[C@H]1CC[C@H](Nc2ccc([N+](=O)[O-])c(C(F)(F)F)c2)CC1)N1CCN(c2ccc(Cl)cc2)C(=O)C1. The molecule has 204 valence electrons. The van der Waals surface area contributed by atoms with Gasteiger partial charge in [-0.3, -0.25) is 19.7 Å². The fourth-order valence-corrected chi connectivity index (χ4v) is 4.81. The van der Waals surface area contributed by atoms with E-state index in [1.807, 2.05) is 0 Å². The lowest BCUT2D eigenvalue weighted by Crippen LogP contribution is -2.53. The number of anilines is 2. The number of carbonyl (C=O) groups excluding carboxylic acids is 2. The first-order valence-corrected chi connectivity index (χ1v) is 12.5. The topological polar surface area (TPSA) is 105 Å². The molecule has 2 aromatic rings. The number of carbonyl (C=O) groups is 2. The Balaban J connectivity index is 1.22. The van der Waals surface area contributed by atoms with Crippen LogP contribution in [-0.4, -0.2) is 60.0 Å². The molecule has 2 fully saturated rings. The Morgan fingerprint density at radius 1 is 1.11 bits per heavy atom. The van der Waals surface area contributed by atoms with Crippen molar-refractivity contribution in [3.63, 3.8) is 0 Å². The normalized spacial score (nSPS) is 20.4. The Kier molecular flexibility index (Phi) is 8.41. The number of ether oxygens (including phenoxy) is 1. The minimum Gasteiger partial charge on any atom is -0.382 e. The number of nitro benzene ring substituents is 1. The van der Waals surface area contributed by atoms with Gasteiger partial charge in [-0.05, 0) is 62.1 Å². The Bertz CT molecular complexity index is 1190. The molecule has 0 spiro atoms. The van der Waals surface area contributed by atoms with Crippen molar-refractivity contribution in [1.29, 1.82) is 0 Å². The van der Waals surface area contributed by atoms with Crippen LogP contribution < -0.4 is 10.2 Å². The Morgan fingerprint density at radius 3 is 2.39 bits per heavy atom. The third-order valence-electron chi connectivity index (χ3n) is 6.70. The predicted octanol–water partition coefficient (Wildman–Crippen LogP) is 4.88. The third-order valence-corrected chi connectivity index (χ3v) is 6.95. The van der Waals surface area contributed by atoms with Crippen LogP contribution in [0.2, 0.25) is 5.02 Å². The molecular formula is C25H26ClF3N4O5. The van der Waals surface area contributed by atoms with E-state index in [0.29, 0.717) is 43.8 Å². The van der Waals surface area contributed by atoms with Gasteiger partial charge in [0.25, 0.3) is 5.69 Å². The van der Waals surface area contributed by atoms with Crippen LogP contribution in [-0.2, 0) is 20.5 Å². The molecule has 13 heteroatoms. The van der Waals surface area contributed by atoms with Gasteiger partial charge in [0.15, 0.2) is 0 Å². The van der Waals surface area contributed by atoms with Gasteiger partial charge in [0.2, 0.25) is 11.8 Å². The fraction of sp³-hybridized carbons (Fsp3) is 0.440. The quantitative estimate of drug-likeness (QED) is 0.386. The van der Waals surface area contributed by atoms with Crippen molar-refractivity contribution in [2.75, 3.05) is 36.5 Å². The molecular weight excluding hydrogens is 529 g/mol. The summed E-state index contributed by atoms with van der Waals surface area (Å²) in [5.41, 5.74) is -1.41. The molecule has 0 aromatic heterocycles. The molecule has 0 unspecified atom stereocenters. The molecule has 1 aliphatic carbocycles. The highest BCUT2D eigenvalue weighted by molar-refractivity contribution is 6.30. The highest BCUT2D eigenvalue weighted by Crippen LogP contribution is 2.38. The lowest BCUT2D eigenvalue weighted by atomic mass is 9.92. The summed E-state index contributed by atoms with van der Waals surface area (Å²) in [4.78, 5) is 38.2. The summed E-state index contributed by atoms with van der Waals surface area (Å²) in [6.07, 6.45) is -2.66. The minimum atomic E-state index is -4.84. The van der Waals surface area contributed by atoms with Crippen molar-refractivity contribution in [3.05, 3.63) is 63.2 Å². The van der Waals surface area contributed by atoms with Gasteiger partial charge in [-0.2, -0.15) is 13.2 Å². The molecule has 0 atom stereocenters. The summed E-state index contributed by atoms with van der Waals surface area (Å²) in [6, 6.07) is 9.65. The van der Waals surface area contributed by atoms with Crippen molar-refractivity contribution in [2.24, 2.45) is 0 Å². The zero-order chi connectivity index (χ0) is 27.4. The highest BCUT2D eigenvalue weighted by atomic mass is 35.5. The number of hydrogen-bond donors (Lipinski definition) is 1. The lowest BCUT2D eigenvalue weighted by Gasteiger charge is -2.35. The maximum Gasteiger partial charge on any atom is 0.423 e. The van der Waals surface area contributed by atoms with Crippen LogP contribution >= 0.6 is 11.6 Å². The molecule has 1 saturated carbocycles. The van der Waals surface area contributed by atoms with E-state index in [9.17, 15) is 32.9 Å². The van der Waals surface area contributed by atoms with E-state index in [1.165, 1.54) is 11.0 Å². The molecule has 4 rings (SSSR count). The molecule has 9 nitrogen and oxygen atoms in total. The second kappa shape index (κ2) is 11.6. The number of nitrogens with zero attached hydrogens (tertiary/aromatic N) is 3. The molecule has 1 heterocycles. The lowest BCUT2D eigenvalue weighted by molar-refractivity contribution is -0.388. The van der Waals surface area contributed by atoms with Gasteiger partial charge in [0, 0.05) is 41.6 Å². The Morgan fingerprint density at radius 2 is 1.79 bits per heavy atom. The van der Waals surface area contributed by atoms with Crippen LogP contribution in [0.4, 0.5) is 30.2 Å². The van der Waals surface area contributed by atoms with E-state index in [4.69, 9.17) is 16.3 Å². The molecule has 1 saturated heterocycles. The summed E-state index contributed by atoms with van der Waals surface area (Å²) < 4.78 is 45.5. The number of alkyl halides is 3. The molecule has 0 bridgehead atoms. The summed E-state index contributed by atoms with van der Waals surface area (Å²) in [7, 11) is 0. The molecule has 2 amide bonds. The summed E-state index contributed by atoms with van der Waals surface area (Å²) in [5, 5.41) is 14.5. The third kappa shape index (κ3) is 6.73. The van der Waals surface area contributed by atoms with Gasteiger partial charge in [-0.25, -0.2) is 0 Å². The number of piperazine rings is 1. The first kappa shape index (κ1) is 27.6. The van der Waals surface area contributed by atoms with Crippen LogP contribution in [0, 0.1) is 10.1 Å². The van der Waals surface area contributed by atoms with Crippen molar-refractivity contribution >= 4 is 40.5 Å². The highest BCUT2D eigenvalue weighted by Gasteiger charge is 2.38. The number of amides is 2. The molecule has 1 N–H and O–H groups in total. The van der Waals surface area contributed by atoms with E-state index in [2.05, 4.69) is 5.32 Å². The molecule has 2 aliphatic rings. The minimum absolute atomic E-state index is 0.0450. The Labute approximate surface area is 221 Å². The van der Waals surface area contributed by atoms with Crippen molar-refractivity contribution < 1.29 is 32.4 Å². The number of nitrogens with one attached hydrogen (secondary N) is 1. The zero-order valence-electron chi connectivity index (χ0n) is 20.2. The smallest absolute Gasteiger partial charge is 0.382 e. The van der Waals surface area contributed by atoms with E-state index in [-0.39, 0.29) is 42.8 Å². The van der Waals surface area contributed by atoms with Crippen LogP contribution in [0.25, 0.3) is 0 Å². The van der Waals surface area contributed by atoms with Gasteiger partial charge in [-0.1, -0.05) is 11.6 Å². The molecule has 2 aromatic carbocycles. The number of rotatable bonds is 7. The standard InChI is InChI=1S/C25H26ClF3N4O5/c26-16-1-6-19(7-2-16)32-12-11-31(14-23(32)34)24(35)15-38-20-8-3-17(4-9-20)30-18-5-10-22(33(36)37)21(13-18)25(27,28)29/h1-2,5-7,10,13,17,20,30H,3-4,8-9,11-12,14-15H2/t17-,20-. The van der Waals surface area contributed by atoms with Crippen LogP contribution in [0.15, 0.2) is 42.5 Å². The second-order valence-corrected chi connectivity index (χ2v) is 9.69. The Hall–Kier alpha value is -3.38. The number of hydrogen-bond acceptors (Lipinski definition) is 6. The van der Waals surface area contributed by atoms with Crippen molar-refractivity contribution in [1.82, 2.24) is 4.90 Å². The van der Waals surface area contributed by atoms with Gasteiger partial charge in [0.05, 0.1) is 11.0 Å². The number of benzene rings is 2. The largest absolute Gasteiger partial charge is 0.423 e. The average Bonchev–Trinajstić information content (AvgIpc) is 2.88. The molecule has 1 aliphatic heterocycles. The van der Waals surface area contributed by atoms with E-state index >= 15 is 0 Å².